The van der Waals surface area contributed by atoms with Gasteiger partial charge < -0.3 is 14.6 Å². The van der Waals surface area contributed by atoms with Gasteiger partial charge >= 0.3 is 11.9 Å². The Morgan fingerprint density at radius 3 is 2.71 bits per heavy atom. The number of anilines is 1. The number of benzene rings is 1. The lowest BCUT2D eigenvalue weighted by molar-refractivity contribution is -0.132. The summed E-state index contributed by atoms with van der Waals surface area (Å²) in [5.41, 5.74) is 0.700. The Balaban J connectivity index is 1.85. The van der Waals surface area contributed by atoms with Crippen molar-refractivity contribution in [2.24, 2.45) is 0 Å². The third-order valence-corrected chi connectivity index (χ3v) is 7.26. The predicted octanol–water partition coefficient (Wildman–Crippen LogP) is 4.71. The molecule has 1 fully saturated rings. The van der Waals surface area contributed by atoms with E-state index in [0.29, 0.717) is 28.5 Å². The summed E-state index contributed by atoms with van der Waals surface area (Å²) >= 11 is 2.31. The van der Waals surface area contributed by atoms with Crippen LogP contribution in [-0.4, -0.2) is 41.5 Å². The highest BCUT2D eigenvalue weighted by atomic mass is 32.1. The molecule has 1 saturated heterocycles. The number of aryl methyl sites for hydroxylation is 1. The average Bonchev–Trinajstić information content (AvgIpc) is 3.56. The number of methoxy groups -OCH3 is 1. The predicted molar refractivity (Wildman–Crippen MR) is 130 cm³/mol. The zero-order valence-electron chi connectivity index (χ0n) is 18.7. The molecule has 1 unspecified atom stereocenters. The molecule has 0 bridgehead atoms. The largest absolute Gasteiger partial charge is 0.507 e. The van der Waals surface area contributed by atoms with Crippen molar-refractivity contribution >= 4 is 51.2 Å². The highest BCUT2D eigenvalue weighted by Gasteiger charge is 2.49. The van der Waals surface area contributed by atoms with Crippen LogP contribution in [0.25, 0.3) is 5.76 Å². The maximum atomic E-state index is 13.2. The van der Waals surface area contributed by atoms with Crippen molar-refractivity contribution in [1.82, 2.24) is 4.98 Å². The zero-order valence-corrected chi connectivity index (χ0v) is 20.4. The summed E-state index contributed by atoms with van der Waals surface area (Å²) in [5.74, 6) is -1.99. The molecule has 1 aliphatic rings. The molecule has 2 aromatic heterocycles. The number of ketones is 1. The number of nitrogens with zero attached hydrogens (tertiary/aromatic N) is 2. The summed E-state index contributed by atoms with van der Waals surface area (Å²) in [4.78, 5) is 45.0. The minimum atomic E-state index is -0.892. The van der Waals surface area contributed by atoms with Gasteiger partial charge in [0.25, 0.3) is 5.78 Å². The fraction of sp³-hybridized carbons (Fsp3) is 0.250. The number of thiophene rings is 1. The second-order valence-electron chi connectivity index (χ2n) is 7.46. The van der Waals surface area contributed by atoms with Crippen molar-refractivity contribution < 1.29 is 29.0 Å². The minimum absolute atomic E-state index is 0.0486. The Kier molecular flexibility index (Phi) is 6.80. The summed E-state index contributed by atoms with van der Waals surface area (Å²) in [6.45, 7) is 4.12. The molecule has 1 N–H and O–H groups in total. The Morgan fingerprint density at radius 1 is 1.24 bits per heavy atom. The summed E-state index contributed by atoms with van der Waals surface area (Å²) in [5, 5.41) is 13.2. The van der Waals surface area contributed by atoms with Gasteiger partial charge in [-0.05, 0) is 36.9 Å². The second kappa shape index (κ2) is 9.78. The topological polar surface area (TPSA) is 106 Å². The fourth-order valence-electron chi connectivity index (χ4n) is 3.62. The summed E-state index contributed by atoms with van der Waals surface area (Å²) < 4.78 is 10.4. The number of aliphatic hydroxyl groups is 1. The van der Waals surface area contributed by atoms with Crippen LogP contribution in [0.5, 0.6) is 5.75 Å². The van der Waals surface area contributed by atoms with Crippen LogP contribution in [0.2, 0.25) is 0 Å². The molecule has 10 heteroatoms. The number of hydrogen-bond donors (Lipinski definition) is 1. The molecular formula is C24H22N2O6S2. The quantitative estimate of drug-likeness (QED) is 0.218. The van der Waals surface area contributed by atoms with Crippen molar-refractivity contribution in [1.29, 1.82) is 0 Å². The Labute approximate surface area is 204 Å². The van der Waals surface area contributed by atoms with Crippen LogP contribution >= 0.6 is 22.7 Å². The normalized spacial score (nSPS) is 17.3. The van der Waals surface area contributed by atoms with E-state index in [2.05, 4.69) is 4.98 Å². The third-order valence-electron chi connectivity index (χ3n) is 5.20. The lowest BCUT2D eigenvalue weighted by atomic mass is 10.00. The van der Waals surface area contributed by atoms with Gasteiger partial charge in [0.05, 0.1) is 25.0 Å². The van der Waals surface area contributed by atoms with E-state index in [9.17, 15) is 19.5 Å². The van der Waals surface area contributed by atoms with E-state index in [-0.39, 0.29) is 21.3 Å². The first kappa shape index (κ1) is 23.7. The van der Waals surface area contributed by atoms with Crippen LogP contribution in [0.4, 0.5) is 5.13 Å². The van der Waals surface area contributed by atoms with Crippen molar-refractivity contribution in [3.63, 3.8) is 0 Å². The van der Waals surface area contributed by atoms with Crippen LogP contribution in [-0.2, 0) is 14.3 Å². The standard InChI is InChI=1S/C24H22N2O6S2/c1-4-10-32-15-8-5-7-14(12-15)19(27)17-18(16-9-6-11-33-16)26(22(29)20(17)28)24-25-13(2)21(34-24)23(30)31-3/h5-9,11-12,18,27H,4,10H2,1-3H3. The van der Waals surface area contributed by atoms with Crippen LogP contribution < -0.4 is 9.64 Å². The molecule has 1 aliphatic heterocycles. The maximum absolute atomic E-state index is 13.2. The van der Waals surface area contributed by atoms with Gasteiger partial charge in [0.15, 0.2) is 5.13 Å². The Morgan fingerprint density at radius 2 is 2.03 bits per heavy atom. The number of aromatic nitrogens is 1. The molecule has 3 heterocycles. The van der Waals surface area contributed by atoms with E-state index in [1.165, 1.54) is 23.3 Å². The van der Waals surface area contributed by atoms with Gasteiger partial charge in [-0.3, -0.25) is 14.5 Å². The number of aliphatic hydroxyl groups excluding tert-OH is 1. The number of thiazole rings is 1. The third kappa shape index (κ3) is 4.22. The van der Waals surface area contributed by atoms with Crippen LogP contribution in [0.15, 0.2) is 47.4 Å². The molecule has 8 nitrogen and oxygen atoms in total. The number of amides is 1. The molecular weight excluding hydrogens is 476 g/mol. The number of hydrogen-bond acceptors (Lipinski definition) is 9. The van der Waals surface area contributed by atoms with Gasteiger partial charge in [0.1, 0.15) is 22.4 Å². The Bertz CT molecular complexity index is 1280. The number of rotatable bonds is 7. The number of carbonyl (C=O) groups excluding carboxylic acids is 3. The van der Waals surface area contributed by atoms with Gasteiger partial charge in [0, 0.05) is 10.4 Å². The van der Waals surface area contributed by atoms with Crippen LogP contribution in [0.3, 0.4) is 0 Å². The van der Waals surface area contributed by atoms with Gasteiger partial charge in [0.2, 0.25) is 0 Å². The van der Waals surface area contributed by atoms with Crippen molar-refractivity contribution in [3.05, 3.63) is 68.4 Å². The lowest BCUT2D eigenvalue weighted by Crippen LogP contribution is -2.29. The Hall–Kier alpha value is -3.50. The SMILES string of the molecule is CCCOc1cccc(C(O)=C2C(=O)C(=O)N(c3nc(C)c(C(=O)OC)s3)C2c2cccs2)c1. The van der Waals surface area contributed by atoms with Crippen molar-refractivity contribution in [2.75, 3.05) is 18.6 Å². The van der Waals surface area contributed by atoms with Crippen molar-refractivity contribution in [2.45, 2.75) is 26.3 Å². The molecule has 0 spiro atoms. The fourth-order valence-corrected chi connectivity index (χ4v) is 5.46. The molecule has 0 saturated carbocycles. The molecule has 4 rings (SSSR count). The zero-order chi connectivity index (χ0) is 24.4. The van der Waals surface area contributed by atoms with E-state index >= 15 is 0 Å². The molecule has 1 amide bonds. The van der Waals surface area contributed by atoms with E-state index in [1.807, 2.05) is 12.3 Å². The first-order chi connectivity index (χ1) is 16.4. The molecule has 3 aromatic rings. The first-order valence-corrected chi connectivity index (χ1v) is 12.2. The molecule has 0 aliphatic carbocycles. The van der Waals surface area contributed by atoms with E-state index in [1.54, 1.807) is 43.3 Å². The molecule has 1 atom stereocenters. The molecule has 1 aromatic carbocycles. The van der Waals surface area contributed by atoms with E-state index in [0.717, 1.165) is 17.8 Å². The second-order valence-corrected chi connectivity index (χ2v) is 9.42. The lowest BCUT2D eigenvalue weighted by Gasteiger charge is -2.21. The first-order valence-electron chi connectivity index (χ1n) is 10.5. The monoisotopic (exact) mass is 498 g/mol. The summed E-state index contributed by atoms with van der Waals surface area (Å²) in [7, 11) is 1.26. The molecule has 0 radical (unpaired) electrons. The number of ether oxygens (including phenoxy) is 2. The number of esters is 1. The number of Topliss-reactive ketones (excluding diaryl/α,β-unsaturated/α-hetero) is 1. The van der Waals surface area contributed by atoms with Crippen molar-refractivity contribution in [3.8, 4) is 5.75 Å². The highest BCUT2D eigenvalue weighted by Crippen LogP contribution is 2.45. The van der Waals surface area contributed by atoms with Gasteiger partial charge in [-0.25, -0.2) is 9.78 Å². The minimum Gasteiger partial charge on any atom is -0.507 e. The van der Waals surface area contributed by atoms with Gasteiger partial charge in [-0.15, -0.1) is 11.3 Å². The molecule has 176 valence electrons. The van der Waals surface area contributed by atoms with E-state index < -0.39 is 23.7 Å². The average molecular weight is 499 g/mol. The van der Waals surface area contributed by atoms with Crippen LogP contribution in [0.1, 0.15) is 45.2 Å². The molecule has 34 heavy (non-hydrogen) atoms. The van der Waals surface area contributed by atoms with E-state index in [4.69, 9.17) is 9.47 Å². The maximum Gasteiger partial charge on any atom is 0.350 e. The van der Waals surface area contributed by atoms with Gasteiger partial charge in [-0.1, -0.05) is 36.5 Å². The summed E-state index contributed by atoms with van der Waals surface area (Å²) in [6.07, 6.45) is 0.820. The highest BCUT2D eigenvalue weighted by molar-refractivity contribution is 7.18. The van der Waals surface area contributed by atoms with Crippen LogP contribution in [0, 0.1) is 6.92 Å². The van der Waals surface area contributed by atoms with Gasteiger partial charge in [-0.2, -0.15) is 0 Å². The smallest absolute Gasteiger partial charge is 0.350 e. The summed E-state index contributed by atoms with van der Waals surface area (Å²) in [6, 6.07) is 9.44. The number of carbonyl (C=O) groups is 3.